The van der Waals surface area contributed by atoms with Gasteiger partial charge in [-0.15, -0.1) is 0 Å². The lowest BCUT2D eigenvalue weighted by molar-refractivity contribution is 0.373. The zero-order valence-electron chi connectivity index (χ0n) is 15.0. The molecule has 1 N–H and O–H groups in total. The molecule has 1 saturated heterocycles. The zero-order chi connectivity index (χ0) is 18.8. The Morgan fingerprint density at radius 1 is 0.926 bits per heavy atom. The van der Waals surface area contributed by atoms with E-state index in [0.717, 1.165) is 41.3 Å². The van der Waals surface area contributed by atoms with Crippen LogP contribution in [0.5, 0.6) is 0 Å². The SMILES string of the molecule is Cc1ccc(-n2cc(-c3ccc(N4CCN(S(=O)O)CC4)cc3)cn2)cn1. The first-order valence-electron chi connectivity index (χ1n) is 8.79. The van der Waals surface area contributed by atoms with Gasteiger partial charge >= 0.3 is 0 Å². The number of pyridine rings is 1. The van der Waals surface area contributed by atoms with Crippen molar-refractivity contribution in [2.75, 3.05) is 31.1 Å². The monoisotopic (exact) mass is 383 g/mol. The van der Waals surface area contributed by atoms with Gasteiger partial charge in [0, 0.05) is 49.3 Å². The Hall–Kier alpha value is -2.55. The van der Waals surface area contributed by atoms with Gasteiger partial charge in [0.05, 0.1) is 18.1 Å². The van der Waals surface area contributed by atoms with Gasteiger partial charge in [0.25, 0.3) is 0 Å². The maximum atomic E-state index is 11.1. The summed E-state index contributed by atoms with van der Waals surface area (Å²) in [5.74, 6) is 0. The van der Waals surface area contributed by atoms with Crippen molar-refractivity contribution in [3.05, 3.63) is 60.7 Å². The van der Waals surface area contributed by atoms with E-state index in [1.54, 1.807) is 4.31 Å². The second kappa shape index (κ2) is 7.59. The highest BCUT2D eigenvalue weighted by Crippen LogP contribution is 2.24. The third-order valence-electron chi connectivity index (χ3n) is 4.77. The number of hydrogen-bond donors (Lipinski definition) is 1. The Morgan fingerprint density at radius 3 is 2.26 bits per heavy atom. The molecule has 7 nitrogen and oxygen atoms in total. The smallest absolute Gasteiger partial charge is 0.234 e. The normalized spacial score (nSPS) is 16.4. The fourth-order valence-corrected chi connectivity index (χ4v) is 3.65. The Kier molecular flexibility index (Phi) is 5.02. The highest BCUT2D eigenvalue weighted by atomic mass is 32.2. The Balaban J connectivity index is 1.47. The van der Waals surface area contributed by atoms with Crippen molar-refractivity contribution < 1.29 is 8.76 Å². The number of aryl methyl sites for hydroxylation is 1. The van der Waals surface area contributed by atoms with Crippen LogP contribution in [0.3, 0.4) is 0 Å². The minimum Gasteiger partial charge on any atom is -0.369 e. The predicted octanol–water partition coefficient (Wildman–Crippen LogP) is 2.50. The van der Waals surface area contributed by atoms with Crippen molar-refractivity contribution in [2.45, 2.75) is 6.92 Å². The van der Waals surface area contributed by atoms with Crippen molar-refractivity contribution in [2.24, 2.45) is 0 Å². The molecular formula is C19H21N5O2S. The van der Waals surface area contributed by atoms with E-state index in [2.05, 4.69) is 39.2 Å². The largest absolute Gasteiger partial charge is 0.369 e. The molecule has 0 spiro atoms. The number of aromatic nitrogens is 3. The minimum absolute atomic E-state index is 0.586. The van der Waals surface area contributed by atoms with E-state index < -0.39 is 11.3 Å². The maximum absolute atomic E-state index is 11.1. The molecule has 4 rings (SSSR count). The van der Waals surface area contributed by atoms with E-state index in [4.69, 9.17) is 4.55 Å². The molecule has 140 valence electrons. The fraction of sp³-hybridized carbons (Fsp3) is 0.263. The van der Waals surface area contributed by atoms with Crippen molar-refractivity contribution in [3.8, 4) is 16.8 Å². The van der Waals surface area contributed by atoms with Gasteiger partial charge in [-0.1, -0.05) is 12.1 Å². The van der Waals surface area contributed by atoms with Gasteiger partial charge in [-0.2, -0.15) is 9.40 Å². The molecular weight excluding hydrogens is 362 g/mol. The lowest BCUT2D eigenvalue weighted by Crippen LogP contribution is -2.46. The van der Waals surface area contributed by atoms with Crippen LogP contribution >= 0.6 is 0 Å². The molecule has 0 saturated carbocycles. The molecule has 2 aromatic heterocycles. The maximum Gasteiger partial charge on any atom is 0.234 e. The summed E-state index contributed by atoms with van der Waals surface area (Å²) in [6.07, 6.45) is 5.66. The molecule has 0 aliphatic carbocycles. The molecule has 27 heavy (non-hydrogen) atoms. The fourth-order valence-electron chi connectivity index (χ4n) is 3.18. The molecule has 1 unspecified atom stereocenters. The molecule has 1 aliphatic rings. The lowest BCUT2D eigenvalue weighted by Gasteiger charge is -2.33. The summed E-state index contributed by atoms with van der Waals surface area (Å²) in [4.78, 5) is 6.54. The number of benzene rings is 1. The Labute approximate surface area is 160 Å². The summed E-state index contributed by atoms with van der Waals surface area (Å²) in [6, 6.07) is 12.3. The van der Waals surface area contributed by atoms with Crippen LogP contribution < -0.4 is 4.90 Å². The van der Waals surface area contributed by atoms with Crippen LogP contribution in [0.2, 0.25) is 0 Å². The van der Waals surface area contributed by atoms with Crippen molar-refractivity contribution in [1.82, 2.24) is 19.1 Å². The number of anilines is 1. The van der Waals surface area contributed by atoms with Gasteiger partial charge < -0.3 is 4.90 Å². The van der Waals surface area contributed by atoms with Crippen LogP contribution in [0.1, 0.15) is 5.69 Å². The summed E-state index contributed by atoms with van der Waals surface area (Å²) in [5.41, 5.74) is 5.18. The van der Waals surface area contributed by atoms with E-state index in [0.29, 0.717) is 13.1 Å². The van der Waals surface area contributed by atoms with Crippen molar-refractivity contribution in [3.63, 3.8) is 0 Å². The average Bonchev–Trinajstić information content (AvgIpc) is 3.19. The van der Waals surface area contributed by atoms with E-state index in [1.807, 2.05) is 42.3 Å². The van der Waals surface area contributed by atoms with E-state index in [-0.39, 0.29) is 0 Å². The van der Waals surface area contributed by atoms with Gasteiger partial charge in [0.15, 0.2) is 0 Å². The van der Waals surface area contributed by atoms with Crippen LogP contribution in [-0.4, -0.2) is 54.0 Å². The molecule has 1 aromatic carbocycles. The lowest BCUT2D eigenvalue weighted by atomic mass is 10.1. The number of piperazine rings is 1. The van der Waals surface area contributed by atoms with E-state index in [9.17, 15) is 4.21 Å². The molecule has 1 fully saturated rings. The third kappa shape index (κ3) is 3.92. The summed E-state index contributed by atoms with van der Waals surface area (Å²) in [5, 5.41) is 4.44. The molecule has 0 amide bonds. The van der Waals surface area contributed by atoms with Crippen molar-refractivity contribution in [1.29, 1.82) is 0 Å². The number of hydrogen-bond acceptors (Lipinski definition) is 4. The van der Waals surface area contributed by atoms with E-state index >= 15 is 0 Å². The first-order chi connectivity index (χ1) is 13.1. The highest BCUT2D eigenvalue weighted by Gasteiger charge is 2.20. The summed E-state index contributed by atoms with van der Waals surface area (Å²) in [7, 11) is 0. The number of rotatable bonds is 4. The first kappa shape index (κ1) is 17.8. The van der Waals surface area contributed by atoms with Gasteiger partial charge in [-0.3, -0.25) is 9.54 Å². The molecule has 3 aromatic rings. The molecule has 8 heteroatoms. The van der Waals surface area contributed by atoms with Crippen LogP contribution in [0, 0.1) is 6.92 Å². The minimum atomic E-state index is -1.87. The summed E-state index contributed by atoms with van der Waals surface area (Å²) >= 11 is -1.87. The Bertz CT molecular complexity index is 931. The van der Waals surface area contributed by atoms with Crippen LogP contribution in [0.4, 0.5) is 5.69 Å². The van der Waals surface area contributed by atoms with Gasteiger partial charge in [-0.05, 0) is 36.8 Å². The van der Waals surface area contributed by atoms with E-state index in [1.165, 1.54) is 0 Å². The molecule has 0 radical (unpaired) electrons. The second-order valence-electron chi connectivity index (χ2n) is 6.53. The molecule has 3 heterocycles. The van der Waals surface area contributed by atoms with Crippen molar-refractivity contribution >= 4 is 17.0 Å². The topological polar surface area (TPSA) is 74.5 Å². The second-order valence-corrected chi connectivity index (χ2v) is 7.50. The summed E-state index contributed by atoms with van der Waals surface area (Å²) < 4.78 is 23.7. The third-order valence-corrected chi connectivity index (χ3v) is 5.58. The van der Waals surface area contributed by atoms with Crippen LogP contribution in [0.25, 0.3) is 16.8 Å². The number of nitrogens with zero attached hydrogens (tertiary/aromatic N) is 5. The average molecular weight is 383 g/mol. The van der Waals surface area contributed by atoms with Gasteiger partial charge in [0.2, 0.25) is 11.3 Å². The molecule has 1 atom stereocenters. The quantitative estimate of drug-likeness (QED) is 0.701. The van der Waals surface area contributed by atoms with Crippen LogP contribution in [-0.2, 0) is 11.3 Å². The highest BCUT2D eigenvalue weighted by molar-refractivity contribution is 7.76. The molecule has 1 aliphatic heterocycles. The van der Waals surface area contributed by atoms with Crippen LogP contribution in [0.15, 0.2) is 55.0 Å². The standard InChI is InChI=1S/C19H21N5O2S/c1-15-2-5-19(13-20-15)24-14-17(12-21-24)16-3-6-18(7-4-16)22-8-10-23(11-9-22)27(25)26/h2-7,12-14H,8-11H2,1H3,(H,25,26). The first-order valence-corrected chi connectivity index (χ1v) is 9.85. The molecule has 0 bridgehead atoms. The summed E-state index contributed by atoms with van der Waals surface area (Å²) in [6.45, 7) is 4.61. The predicted molar refractivity (Wildman–Crippen MR) is 106 cm³/mol. The van der Waals surface area contributed by atoms with Gasteiger partial charge in [-0.25, -0.2) is 8.89 Å². The van der Waals surface area contributed by atoms with Gasteiger partial charge in [0.1, 0.15) is 0 Å². The zero-order valence-corrected chi connectivity index (χ0v) is 15.8. The Morgan fingerprint density at radius 2 is 1.63 bits per heavy atom.